The SMILES string of the molecule is COC(=O)N1CCN(C(=O)[C@@H]2CN(c3ccc(Cl)nn3)C[C@H]2c2ccc(OC)cc2F)CCCC1Cc1ccc(Cl)cc1. The zero-order valence-electron chi connectivity index (χ0n) is 24.1. The van der Waals surface area contributed by atoms with Crippen molar-refractivity contribution in [2.45, 2.75) is 31.2 Å². The Morgan fingerprint density at radius 3 is 2.44 bits per heavy atom. The van der Waals surface area contributed by atoms with Crippen LogP contribution < -0.4 is 9.64 Å². The number of carbonyl (C=O) groups is 2. The fraction of sp³-hybridized carbons (Fsp3) is 0.419. The van der Waals surface area contributed by atoms with Crippen LogP contribution in [0.3, 0.4) is 0 Å². The summed E-state index contributed by atoms with van der Waals surface area (Å²) in [6.07, 6.45) is 1.60. The minimum absolute atomic E-state index is 0.0857. The molecule has 9 nitrogen and oxygen atoms in total. The molecule has 3 heterocycles. The Kier molecular flexibility index (Phi) is 9.87. The summed E-state index contributed by atoms with van der Waals surface area (Å²) in [6.45, 7) is 1.89. The van der Waals surface area contributed by atoms with E-state index in [-0.39, 0.29) is 17.1 Å². The Bertz CT molecular complexity index is 1430. The molecule has 0 N–H and O–H groups in total. The van der Waals surface area contributed by atoms with Crippen LogP contribution in [0, 0.1) is 11.7 Å². The quantitative estimate of drug-likeness (QED) is 0.358. The van der Waals surface area contributed by atoms with Gasteiger partial charge in [0.1, 0.15) is 11.6 Å². The second-order valence-corrected chi connectivity index (χ2v) is 11.7. The van der Waals surface area contributed by atoms with E-state index in [0.717, 1.165) is 5.56 Å². The molecule has 2 aliphatic heterocycles. The summed E-state index contributed by atoms with van der Waals surface area (Å²) in [4.78, 5) is 32.5. The Morgan fingerprint density at radius 1 is 0.977 bits per heavy atom. The van der Waals surface area contributed by atoms with E-state index in [9.17, 15) is 9.59 Å². The van der Waals surface area contributed by atoms with Crippen molar-refractivity contribution in [3.8, 4) is 5.75 Å². The molecule has 1 aromatic heterocycles. The fourth-order valence-electron chi connectivity index (χ4n) is 6.08. The van der Waals surface area contributed by atoms with Crippen molar-refractivity contribution in [1.29, 1.82) is 0 Å². The van der Waals surface area contributed by atoms with Gasteiger partial charge in [-0.15, -0.1) is 10.2 Å². The van der Waals surface area contributed by atoms with E-state index in [1.165, 1.54) is 20.3 Å². The molecule has 0 radical (unpaired) electrons. The maximum absolute atomic E-state index is 15.4. The number of hydrogen-bond donors (Lipinski definition) is 0. The number of rotatable bonds is 6. The predicted octanol–water partition coefficient (Wildman–Crippen LogP) is 5.45. The van der Waals surface area contributed by atoms with Gasteiger partial charge >= 0.3 is 6.09 Å². The first-order valence-corrected chi connectivity index (χ1v) is 15.0. The van der Waals surface area contributed by atoms with Gasteiger partial charge in [0.05, 0.1) is 20.1 Å². The van der Waals surface area contributed by atoms with Gasteiger partial charge in [-0.1, -0.05) is 41.4 Å². The molecule has 0 saturated carbocycles. The molecule has 1 unspecified atom stereocenters. The number of halogens is 3. The highest BCUT2D eigenvalue weighted by Gasteiger charge is 2.42. The Balaban J connectivity index is 1.37. The lowest BCUT2D eigenvalue weighted by Gasteiger charge is -2.37. The van der Waals surface area contributed by atoms with Crippen molar-refractivity contribution in [3.63, 3.8) is 0 Å². The van der Waals surface area contributed by atoms with Gasteiger partial charge in [0.25, 0.3) is 0 Å². The van der Waals surface area contributed by atoms with Gasteiger partial charge in [0.2, 0.25) is 5.91 Å². The van der Waals surface area contributed by atoms with Crippen LogP contribution in [-0.2, 0) is 16.0 Å². The Morgan fingerprint density at radius 2 is 1.77 bits per heavy atom. The topological polar surface area (TPSA) is 88.1 Å². The molecule has 0 bridgehead atoms. The van der Waals surface area contributed by atoms with Crippen LogP contribution in [0.4, 0.5) is 15.0 Å². The highest BCUT2D eigenvalue weighted by molar-refractivity contribution is 6.30. The summed E-state index contributed by atoms with van der Waals surface area (Å²) in [5.74, 6) is -0.533. The number of ether oxygens (including phenoxy) is 2. The first-order chi connectivity index (χ1) is 20.8. The molecular formula is C31H34Cl2FN5O4. The second-order valence-electron chi connectivity index (χ2n) is 10.8. The smallest absolute Gasteiger partial charge is 0.409 e. The number of nitrogens with zero attached hydrogens (tertiary/aromatic N) is 5. The summed E-state index contributed by atoms with van der Waals surface area (Å²) in [7, 11) is 2.85. The summed E-state index contributed by atoms with van der Waals surface area (Å²) in [5.41, 5.74) is 1.51. The molecule has 2 aromatic carbocycles. The lowest BCUT2D eigenvalue weighted by Crippen LogP contribution is -2.50. The van der Waals surface area contributed by atoms with Crippen molar-refractivity contribution in [2.75, 3.05) is 51.8 Å². The largest absolute Gasteiger partial charge is 0.497 e. The third kappa shape index (κ3) is 7.13. The summed E-state index contributed by atoms with van der Waals surface area (Å²) >= 11 is 12.0. The summed E-state index contributed by atoms with van der Waals surface area (Å²) < 4.78 is 25.7. The lowest BCUT2D eigenvalue weighted by molar-refractivity contribution is -0.136. The molecular weight excluding hydrogens is 596 g/mol. The lowest BCUT2D eigenvalue weighted by atomic mass is 9.87. The molecule has 12 heteroatoms. The number of anilines is 1. The summed E-state index contributed by atoms with van der Waals surface area (Å²) in [5, 5.41) is 9.07. The monoisotopic (exact) mass is 629 g/mol. The average Bonchev–Trinajstić information content (AvgIpc) is 3.44. The van der Waals surface area contributed by atoms with Gasteiger partial charge < -0.3 is 24.2 Å². The highest BCUT2D eigenvalue weighted by atomic mass is 35.5. The second kappa shape index (κ2) is 13.8. The minimum Gasteiger partial charge on any atom is -0.497 e. The number of methoxy groups -OCH3 is 2. The average molecular weight is 631 g/mol. The minimum atomic E-state index is -0.545. The molecule has 2 aliphatic rings. The zero-order valence-corrected chi connectivity index (χ0v) is 25.6. The maximum Gasteiger partial charge on any atom is 0.409 e. The van der Waals surface area contributed by atoms with Gasteiger partial charge in [-0.25, -0.2) is 9.18 Å². The number of benzene rings is 2. The molecule has 2 amide bonds. The highest BCUT2D eigenvalue weighted by Crippen LogP contribution is 2.38. The first-order valence-electron chi connectivity index (χ1n) is 14.2. The van der Waals surface area contributed by atoms with E-state index < -0.39 is 23.7 Å². The molecule has 228 valence electrons. The van der Waals surface area contributed by atoms with E-state index in [2.05, 4.69) is 10.2 Å². The molecule has 5 rings (SSSR count). The molecule has 0 aliphatic carbocycles. The Hall–Kier alpha value is -3.63. The maximum atomic E-state index is 15.4. The van der Waals surface area contributed by atoms with E-state index in [1.54, 1.807) is 34.1 Å². The van der Waals surface area contributed by atoms with Crippen LogP contribution in [0.1, 0.15) is 29.9 Å². The molecule has 3 atom stereocenters. The molecule has 2 saturated heterocycles. The van der Waals surface area contributed by atoms with Gasteiger partial charge in [-0.3, -0.25) is 4.79 Å². The van der Waals surface area contributed by atoms with E-state index >= 15 is 4.39 Å². The van der Waals surface area contributed by atoms with Gasteiger partial charge in [0.15, 0.2) is 11.0 Å². The van der Waals surface area contributed by atoms with Crippen LogP contribution >= 0.6 is 23.2 Å². The van der Waals surface area contributed by atoms with Gasteiger partial charge in [0, 0.05) is 55.8 Å². The van der Waals surface area contributed by atoms with Crippen molar-refractivity contribution in [1.82, 2.24) is 20.0 Å². The van der Waals surface area contributed by atoms with Crippen molar-refractivity contribution in [3.05, 3.63) is 81.7 Å². The molecule has 43 heavy (non-hydrogen) atoms. The normalized spacial score (nSPS) is 20.9. The van der Waals surface area contributed by atoms with E-state index in [1.807, 2.05) is 29.2 Å². The number of aromatic nitrogens is 2. The molecule has 2 fully saturated rings. The van der Waals surface area contributed by atoms with Crippen LogP contribution in [0.25, 0.3) is 0 Å². The van der Waals surface area contributed by atoms with Gasteiger partial charge in [-0.05, 0) is 60.7 Å². The predicted molar refractivity (Wildman–Crippen MR) is 162 cm³/mol. The van der Waals surface area contributed by atoms with Crippen molar-refractivity contribution >= 4 is 41.0 Å². The van der Waals surface area contributed by atoms with E-state index in [0.29, 0.717) is 74.1 Å². The third-order valence-electron chi connectivity index (χ3n) is 8.31. The number of hydrogen-bond acceptors (Lipinski definition) is 7. The molecule has 0 spiro atoms. The van der Waals surface area contributed by atoms with Crippen LogP contribution in [0.5, 0.6) is 5.75 Å². The molecule has 3 aromatic rings. The Labute approximate surface area is 260 Å². The van der Waals surface area contributed by atoms with Crippen LogP contribution in [-0.4, -0.2) is 85.0 Å². The van der Waals surface area contributed by atoms with Gasteiger partial charge in [-0.2, -0.15) is 0 Å². The standard InChI is InChI=1S/C31H34Cl2FN5O4/c1-42-23-9-10-24(27(34)17-23)25-18-38(29-12-11-28(33)35-36-29)19-26(25)30(40)37-13-3-4-22(39(15-14-37)31(41)43-2)16-20-5-7-21(32)8-6-20/h5-12,17,22,25-26H,3-4,13-16,18-19H2,1-2H3/t22?,25-,26+/m0/s1. The van der Waals surface area contributed by atoms with Crippen molar-refractivity contribution in [2.24, 2.45) is 5.92 Å². The number of amides is 2. The number of carbonyl (C=O) groups excluding carboxylic acids is 2. The summed E-state index contributed by atoms with van der Waals surface area (Å²) in [6, 6.07) is 15.6. The van der Waals surface area contributed by atoms with Crippen LogP contribution in [0.15, 0.2) is 54.6 Å². The fourth-order valence-corrected chi connectivity index (χ4v) is 6.31. The van der Waals surface area contributed by atoms with E-state index in [4.69, 9.17) is 32.7 Å². The zero-order chi connectivity index (χ0) is 30.5. The van der Waals surface area contributed by atoms with Crippen molar-refractivity contribution < 1.29 is 23.5 Å². The third-order valence-corrected chi connectivity index (χ3v) is 8.76. The first kappa shape index (κ1) is 30.8. The van der Waals surface area contributed by atoms with Crippen LogP contribution in [0.2, 0.25) is 10.2 Å².